The highest BCUT2D eigenvalue weighted by Gasteiger charge is 2.34. The molecule has 19 heavy (non-hydrogen) atoms. The summed E-state index contributed by atoms with van der Waals surface area (Å²) < 4.78 is 0. The maximum atomic E-state index is 11.9. The first kappa shape index (κ1) is 12.1. The number of imide groups is 1. The van der Waals surface area contributed by atoms with Crippen LogP contribution >= 0.6 is 0 Å². The largest absolute Gasteiger partial charge is 0.296 e. The standard InChI is InChI=1S/C13H16N4O2/c1-13(2)5-9-8(6-14-13)11(17-16-9)7-3-4-10(18)15-12(7)19/h6-7H,3-5H2,1-2H3,(H,16,17)(H,15,18,19). The van der Waals surface area contributed by atoms with Crippen molar-refractivity contribution in [2.75, 3.05) is 0 Å². The van der Waals surface area contributed by atoms with Crippen LogP contribution in [0.5, 0.6) is 0 Å². The van der Waals surface area contributed by atoms with Gasteiger partial charge in [0.15, 0.2) is 0 Å². The van der Waals surface area contributed by atoms with E-state index in [9.17, 15) is 9.59 Å². The predicted octanol–water partition coefficient (Wildman–Crippen LogP) is 0.683. The van der Waals surface area contributed by atoms with Crippen LogP contribution in [-0.2, 0) is 16.0 Å². The molecule has 0 spiro atoms. The second-order valence-corrected chi connectivity index (χ2v) is 5.75. The molecule has 1 fully saturated rings. The Labute approximate surface area is 110 Å². The second kappa shape index (κ2) is 4.01. The summed E-state index contributed by atoms with van der Waals surface area (Å²) in [5, 5.41) is 9.64. The SMILES string of the molecule is CC1(C)Cc2[nH]nc(C3CCC(=O)NC3=O)c2C=N1. The highest BCUT2D eigenvalue weighted by Crippen LogP contribution is 2.30. The number of nitrogens with zero attached hydrogens (tertiary/aromatic N) is 2. The molecule has 0 aliphatic carbocycles. The molecule has 3 rings (SSSR count). The van der Waals surface area contributed by atoms with Crippen molar-refractivity contribution in [3.8, 4) is 0 Å². The number of carbonyl (C=O) groups excluding carboxylic acids is 2. The van der Waals surface area contributed by atoms with Gasteiger partial charge >= 0.3 is 0 Å². The average molecular weight is 260 g/mol. The van der Waals surface area contributed by atoms with E-state index in [4.69, 9.17) is 0 Å². The van der Waals surface area contributed by atoms with Gasteiger partial charge in [-0.05, 0) is 20.3 Å². The number of carbonyl (C=O) groups is 2. The van der Waals surface area contributed by atoms with Crippen LogP contribution in [0.3, 0.4) is 0 Å². The van der Waals surface area contributed by atoms with Crippen LogP contribution in [0, 0.1) is 0 Å². The van der Waals surface area contributed by atoms with Gasteiger partial charge in [0.2, 0.25) is 11.8 Å². The summed E-state index contributed by atoms with van der Waals surface area (Å²) in [6.45, 7) is 4.11. The number of amides is 2. The maximum absolute atomic E-state index is 11.9. The van der Waals surface area contributed by atoms with E-state index < -0.39 is 0 Å². The Morgan fingerprint density at radius 3 is 2.89 bits per heavy atom. The average Bonchev–Trinajstić information content (AvgIpc) is 2.70. The lowest BCUT2D eigenvalue weighted by Crippen LogP contribution is -2.40. The van der Waals surface area contributed by atoms with Crippen LogP contribution < -0.4 is 5.32 Å². The van der Waals surface area contributed by atoms with E-state index >= 15 is 0 Å². The molecule has 1 aromatic rings. The highest BCUT2D eigenvalue weighted by molar-refractivity contribution is 6.01. The topological polar surface area (TPSA) is 87.2 Å². The Kier molecular flexibility index (Phi) is 2.55. The smallest absolute Gasteiger partial charge is 0.235 e. The normalized spacial score (nSPS) is 25.1. The van der Waals surface area contributed by atoms with Crippen molar-refractivity contribution in [1.29, 1.82) is 0 Å². The number of aliphatic imine (C=N–C) groups is 1. The Hall–Kier alpha value is -1.98. The minimum atomic E-state index is -0.356. The molecule has 1 saturated heterocycles. The van der Waals surface area contributed by atoms with E-state index in [-0.39, 0.29) is 23.3 Å². The van der Waals surface area contributed by atoms with E-state index in [0.29, 0.717) is 18.5 Å². The third kappa shape index (κ3) is 2.07. The number of nitrogens with one attached hydrogen (secondary N) is 2. The van der Waals surface area contributed by atoms with Crippen LogP contribution in [0.1, 0.15) is 49.6 Å². The van der Waals surface area contributed by atoms with Crippen molar-refractivity contribution in [3.05, 3.63) is 17.0 Å². The molecule has 1 aromatic heterocycles. The third-order valence-corrected chi connectivity index (χ3v) is 3.63. The minimum absolute atomic E-state index is 0.137. The minimum Gasteiger partial charge on any atom is -0.296 e. The van der Waals surface area contributed by atoms with Gasteiger partial charge in [0.1, 0.15) is 0 Å². The van der Waals surface area contributed by atoms with Crippen molar-refractivity contribution in [2.24, 2.45) is 4.99 Å². The summed E-state index contributed by atoms with van der Waals surface area (Å²) in [7, 11) is 0. The molecule has 6 heteroatoms. The summed E-state index contributed by atoms with van der Waals surface area (Å²) >= 11 is 0. The number of rotatable bonds is 1. The molecule has 1 atom stereocenters. The van der Waals surface area contributed by atoms with Crippen LogP contribution in [-0.4, -0.2) is 33.8 Å². The van der Waals surface area contributed by atoms with Crippen molar-refractivity contribution < 1.29 is 9.59 Å². The van der Waals surface area contributed by atoms with Crippen LogP contribution in [0.4, 0.5) is 0 Å². The molecule has 2 aliphatic heterocycles. The predicted molar refractivity (Wildman–Crippen MR) is 69.1 cm³/mol. The van der Waals surface area contributed by atoms with Gasteiger partial charge in [-0.15, -0.1) is 0 Å². The van der Waals surface area contributed by atoms with Gasteiger partial charge < -0.3 is 0 Å². The second-order valence-electron chi connectivity index (χ2n) is 5.75. The van der Waals surface area contributed by atoms with E-state index in [1.54, 1.807) is 6.21 Å². The Bertz CT molecular complexity index is 585. The molecule has 0 radical (unpaired) electrons. The number of H-pyrrole nitrogens is 1. The van der Waals surface area contributed by atoms with Gasteiger partial charge in [-0.25, -0.2) is 0 Å². The fourth-order valence-electron chi connectivity index (χ4n) is 2.62. The zero-order valence-corrected chi connectivity index (χ0v) is 11.0. The summed E-state index contributed by atoms with van der Waals surface area (Å²) in [6, 6.07) is 0. The van der Waals surface area contributed by atoms with Crippen LogP contribution in [0.2, 0.25) is 0 Å². The van der Waals surface area contributed by atoms with Crippen molar-refractivity contribution in [3.63, 3.8) is 0 Å². The van der Waals surface area contributed by atoms with Crippen molar-refractivity contribution >= 4 is 18.0 Å². The van der Waals surface area contributed by atoms with Crippen LogP contribution in [0.15, 0.2) is 4.99 Å². The summed E-state index contributed by atoms with van der Waals surface area (Å²) in [5.74, 6) is -0.824. The first-order valence-corrected chi connectivity index (χ1v) is 6.42. The quantitative estimate of drug-likeness (QED) is 0.728. The fraction of sp³-hybridized carbons (Fsp3) is 0.538. The lowest BCUT2D eigenvalue weighted by atomic mass is 9.88. The monoisotopic (exact) mass is 260 g/mol. The molecule has 0 saturated carbocycles. The Balaban J connectivity index is 1.94. The van der Waals surface area contributed by atoms with Crippen molar-refractivity contribution in [2.45, 2.75) is 44.6 Å². The third-order valence-electron chi connectivity index (χ3n) is 3.63. The molecule has 2 aliphatic rings. The van der Waals surface area contributed by atoms with Crippen LogP contribution in [0.25, 0.3) is 0 Å². The molecular formula is C13H16N4O2. The fourth-order valence-corrected chi connectivity index (χ4v) is 2.62. The van der Waals surface area contributed by atoms with E-state index in [2.05, 4.69) is 34.4 Å². The molecule has 2 amide bonds. The first-order valence-electron chi connectivity index (χ1n) is 6.42. The van der Waals surface area contributed by atoms with Gasteiger partial charge in [0, 0.05) is 30.3 Å². The van der Waals surface area contributed by atoms with E-state index in [1.807, 2.05) is 0 Å². The molecule has 3 heterocycles. The van der Waals surface area contributed by atoms with Gasteiger partial charge in [-0.2, -0.15) is 5.10 Å². The Morgan fingerprint density at radius 1 is 1.37 bits per heavy atom. The lowest BCUT2D eigenvalue weighted by molar-refractivity contribution is -0.134. The summed E-state index contributed by atoms with van der Waals surface area (Å²) in [5.41, 5.74) is 2.49. The molecule has 1 unspecified atom stereocenters. The number of hydrogen-bond donors (Lipinski definition) is 2. The summed E-state index contributed by atoms with van der Waals surface area (Å²) in [6.07, 6.45) is 3.44. The number of piperidine rings is 1. The zero-order chi connectivity index (χ0) is 13.6. The lowest BCUT2D eigenvalue weighted by Gasteiger charge is -2.24. The van der Waals surface area contributed by atoms with E-state index in [1.165, 1.54) is 0 Å². The number of aromatic amines is 1. The molecule has 0 bridgehead atoms. The van der Waals surface area contributed by atoms with Gasteiger partial charge in [0.05, 0.1) is 17.2 Å². The first-order chi connectivity index (χ1) is 8.96. The summed E-state index contributed by atoms with van der Waals surface area (Å²) in [4.78, 5) is 27.5. The van der Waals surface area contributed by atoms with Gasteiger partial charge in [-0.1, -0.05) is 0 Å². The number of aromatic nitrogens is 2. The zero-order valence-electron chi connectivity index (χ0n) is 11.0. The van der Waals surface area contributed by atoms with Gasteiger partial charge in [0.25, 0.3) is 0 Å². The molecular weight excluding hydrogens is 244 g/mol. The Morgan fingerprint density at radius 2 is 2.16 bits per heavy atom. The number of fused-ring (bicyclic) bond motifs is 1. The van der Waals surface area contributed by atoms with Gasteiger partial charge in [-0.3, -0.25) is 25.0 Å². The molecule has 6 nitrogen and oxygen atoms in total. The maximum Gasteiger partial charge on any atom is 0.235 e. The van der Waals surface area contributed by atoms with Crippen molar-refractivity contribution in [1.82, 2.24) is 15.5 Å². The molecule has 0 aromatic carbocycles. The number of hydrogen-bond acceptors (Lipinski definition) is 4. The molecule has 100 valence electrons. The van der Waals surface area contributed by atoms with E-state index in [0.717, 1.165) is 17.7 Å². The highest BCUT2D eigenvalue weighted by atomic mass is 16.2. The molecule has 2 N–H and O–H groups in total.